The number of hydrogen-bond donors (Lipinski definition) is 3. The van der Waals surface area contributed by atoms with Gasteiger partial charge in [-0.2, -0.15) is 0 Å². The Morgan fingerprint density at radius 2 is 0.730 bits per heavy atom. The molecule has 1 amide bonds. The van der Waals surface area contributed by atoms with Gasteiger partial charge in [-0.3, -0.25) is 9.59 Å². The number of nitrogens with one attached hydrogen (secondary N) is 1. The highest BCUT2D eigenvalue weighted by Gasteiger charge is 2.18. The van der Waals surface area contributed by atoms with E-state index in [0.717, 1.165) is 57.8 Å². The van der Waals surface area contributed by atoms with Crippen LogP contribution in [-0.2, 0) is 14.3 Å². The van der Waals surface area contributed by atoms with Gasteiger partial charge in [0.2, 0.25) is 5.91 Å². The summed E-state index contributed by atoms with van der Waals surface area (Å²) in [5, 5.41) is 23.1. The SMILES string of the molecule is CCCCCCCCCCCCCCCCCCCC/C=C/C(O)C(CO)NC(=O)CCCCCCCCCCCCCCOC(=O)CCCCCCCCCCCCCCCC. The first kappa shape index (κ1) is 61.6. The topological polar surface area (TPSA) is 95.9 Å². The molecule has 0 heterocycles. The van der Waals surface area contributed by atoms with Gasteiger partial charge in [0.1, 0.15) is 0 Å². The van der Waals surface area contributed by atoms with E-state index >= 15 is 0 Å². The molecule has 0 spiro atoms. The second-order valence-electron chi connectivity index (χ2n) is 19.6. The fourth-order valence-electron chi connectivity index (χ4n) is 8.93. The van der Waals surface area contributed by atoms with E-state index in [0.29, 0.717) is 19.4 Å². The van der Waals surface area contributed by atoms with Crippen molar-refractivity contribution in [2.24, 2.45) is 0 Å². The normalized spacial score (nSPS) is 12.6. The Labute approximate surface area is 393 Å². The van der Waals surface area contributed by atoms with Crippen molar-refractivity contribution in [3.63, 3.8) is 0 Å². The van der Waals surface area contributed by atoms with Crippen molar-refractivity contribution in [2.45, 2.75) is 328 Å². The van der Waals surface area contributed by atoms with Crippen LogP contribution in [0.15, 0.2) is 12.2 Å². The Morgan fingerprint density at radius 1 is 0.429 bits per heavy atom. The number of allylic oxidation sites excluding steroid dienone is 1. The van der Waals surface area contributed by atoms with Gasteiger partial charge in [0.25, 0.3) is 0 Å². The molecule has 374 valence electrons. The highest BCUT2D eigenvalue weighted by atomic mass is 16.5. The van der Waals surface area contributed by atoms with Crippen molar-refractivity contribution in [3.05, 3.63) is 12.2 Å². The first-order chi connectivity index (χ1) is 31.0. The van der Waals surface area contributed by atoms with Gasteiger partial charge in [-0.25, -0.2) is 0 Å². The van der Waals surface area contributed by atoms with E-state index in [-0.39, 0.29) is 18.5 Å². The molecule has 0 aliphatic heterocycles. The third-order valence-corrected chi connectivity index (χ3v) is 13.3. The van der Waals surface area contributed by atoms with E-state index in [1.54, 1.807) is 6.08 Å². The largest absolute Gasteiger partial charge is 0.466 e. The quantitative estimate of drug-likeness (QED) is 0.0321. The number of amides is 1. The number of rotatable bonds is 53. The highest BCUT2D eigenvalue weighted by Crippen LogP contribution is 2.17. The van der Waals surface area contributed by atoms with E-state index in [2.05, 4.69) is 19.2 Å². The maximum atomic E-state index is 12.5. The fourth-order valence-corrected chi connectivity index (χ4v) is 8.93. The van der Waals surface area contributed by atoms with Gasteiger partial charge in [-0.1, -0.05) is 283 Å². The molecule has 6 nitrogen and oxygen atoms in total. The average molecular weight is 891 g/mol. The van der Waals surface area contributed by atoms with Gasteiger partial charge in [-0.05, 0) is 32.1 Å². The molecule has 0 radical (unpaired) electrons. The van der Waals surface area contributed by atoms with Crippen LogP contribution >= 0.6 is 0 Å². The zero-order chi connectivity index (χ0) is 45.8. The molecule has 0 saturated carbocycles. The maximum absolute atomic E-state index is 12.5. The molecule has 2 atom stereocenters. The number of aliphatic hydroxyl groups is 2. The second kappa shape index (κ2) is 53.2. The molecular weight excluding hydrogens is 779 g/mol. The van der Waals surface area contributed by atoms with Crippen molar-refractivity contribution in [3.8, 4) is 0 Å². The summed E-state index contributed by atoms with van der Waals surface area (Å²) in [6, 6.07) is -0.639. The van der Waals surface area contributed by atoms with E-state index < -0.39 is 12.1 Å². The molecule has 6 heteroatoms. The van der Waals surface area contributed by atoms with Crippen LogP contribution in [0.1, 0.15) is 316 Å². The molecule has 0 aliphatic carbocycles. The summed E-state index contributed by atoms with van der Waals surface area (Å²) in [4.78, 5) is 24.5. The lowest BCUT2D eigenvalue weighted by Crippen LogP contribution is -2.45. The van der Waals surface area contributed by atoms with Crippen LogP contribution in [-0.4, -0.2) is 47.4 Å². The molecule has 0 aromatic heterocycles. The number of carbonyl (C=O) groups excluding carboxylic acids is 2. The van der Waals surface area contributed by atoms with E-state index in [4.69, 9.17) is 4.74 Å². The lowest BCUT2D eigenvalue weighted by molar-refractivity contribution is -0.143. The van der Waals surface area contributed by atoms with Gasteiger partial charge >= 0.3 is 5.97 Å². The molecule has 0 bridgehead atoms. The summed E-state index contributed by atoms with van der Waals surface area (Å²) in [6.45, 7) is 4.89. The first-order valence-corrected chi connectivity index (χ1v) is 28.5. The lowest BCUT2D eigenvalue weighted by atomic mass is 10.0. The number of aliphatic hydroxyl groups excluding tert-OH is 2. The minimum absolute atomic E-state index is 0.00779. The lowest BCUT2D eigenvalue weighted by Gasteiger charge is -2.20. The fraction of sp³-hybridized carbons (Fsp3) is 0.930. The van der Waals surface area contributed by atoms with Crippen LogP contribution < -0.4 is 5.32 Å². The monoisotopic (exact) mass is 890 g/mol. The minimum Gasteiger partial charge on any atom is -0.466 e. The van der Waals surface area contributed by atoms with Crippen LogP contribution in [0.2, 0.25) is 0 Å². The van der Waals surface area contributed by atoms with Gasteiger partial charge in [0, 0.05) is 12.8 Å². The van der Waals surface area contributed by atoms with E-state index in [9.17, 15) is 19.8 Å². The van der Waals surface area contributed by atoms with Crippen molar-refractivity contribution >= 4 is 11.9 Å². The Hall–Kier alpha value is -1.40. The maximum Gasteiger partial charge on any atom is 0.305 e. The zero-order valence-electron chi connectivity index (χ0n) is 42.6. The number of hydrogen-bond acceptors (Lipinski definition) is 5. The molecule has 0 saturated heterocycles. The number of ether oxygens (including phenoxy) is 1. The van der Waals surface area contributed by atoms with Gasteiger partial charge < -0.3 is 20.3 Å². The van der Waals surface area contributed by atoms with Crippen LogP contribution in [0.5, 0.6) is 0 Å². The van der Waals surface area contributed by atoms with Crippen LogP contribution in [0.3, 0.4) is 0 Å². The summed E-state index contributed by atoms with van der Waals surface area (Å²) >= 11 is 0. The summed E-state index contributed by atoms with van der Waals surface area (Å²) < 4.78 is 5.47. The molecule has 3 N–H and O–H groups in total. The van der Waals surface area contributed by atoms with Crippen LogP contribution in [0, 0.1) is 0 Å². The Kier molecular flexibility index (Phi) is 52.0. The summed E-state index contributed by atoms with van der Waals surface area (Å²) in [6.07, 6.45) is 62.2. The molecule has 0 aliphatic rings. The van der Waals surface area contributed by atoms with Crippen LogP contribution in [0.25, 0.3) is 0 Å². The minimum atomic E-state index is -0.854. The Morgan fingerprint density at radius 3 is 1.08 bits per heavy atom. The van der Waals surface area contributed by atoms with Crippen molar-refractivity contribution in [2.75, 3.05) is 13.2 Å². The Bertz CT molecular complexity index is 939. The van der Waals surface area contributed by atoms with Gasteiger partial charge in [-0.15, -0.1) is 0 Å². The predicted octanol–water partition coefficient (Wildman–Crippen LogP) is 17.3. The van der Waals surface area contributed by atoms with Crippen molar-refractivity contribution < 1.29 is 24.5 Å². The predicted molar refractivity (Wildman–Crippen MR) is 273 cm³/mol. The van der Waals surface area contributed by atoms with E-state index in [1.807, 2.05) is 6.08 Å². The molecule has 63 heavy (non-hydrogen) atoms. The van der Waals surface area contributed by atoms with Gasteiger partial charge in [0.05, 0.1) is 25.4 Å². The number of unbranched alkanes of at least 4 members (excludes halogenated alkanes) is 42. The second-order valence-corrected chi connectivity index (χ2v) is 19.6. The third kappa shape index (κ3) is 49.9. The highest BCUT2D eigenvalue weighted by molar-refractivity contribution is 5.76. The Balaban J connectivity index is 3.48. The smallest absolute Gasteiger partial charge is 0.305 e. The molecule has 0 rings (SSSR count). The van der Waals surface area contributed by atoms with Gasteiger partial charge in [0.15, 0.2) is 0 Å². The molecule has 0 aromatic carbocycles. The van der Waals surface area contributed by atoms with Crippen molar-refractivity contribution in [1.29, 1.82) is 0 Å². The standard InChI is InChI=1S/C57H111NO5/c1-3-5-7-9-11-13-15-17-19-20-21-22-23-24-25-29-33-37-41-45-49-55(60)54(53-59)58-56(61)50-46-42-38-34-30-27-28-32-36-40-44-48-52-63-57(62)51-47-43-39-35-31-26-18-16-14-12-10-8-6-4-2/h45,49,54-55,59-60H,3-44,46-48,50-53H2,1-2H3,(H,58,61)/b49-45+. The summed E-state index contributed by atoms with van der Waals surface area (Å²) in [5.74, 6) is -0.0880. The number of carbonyl (C=O) groups is 2. The third-order valence-electron chi connectivity index (χ3n) is 13.3. The molecule has 0 fully saturated rings. The molecule has 0 aromatic rings. The summed E-state index contributed by atoms with van der Waals surface area (Å²) in [7, 11) is 0. The molecular formula is C57H111NO5. The van der Waals surface area contributed by atoms with E-state index in [1.165, 1.54) is 231 Å². The summed E-state index contributed by atoms with van der Waals surface area (Å²) in [5.41, 5.74) is 0. The zero-order valence-corrected chi connectivity index (χ0v) is 42.6. The first-order valence-electron chi connectivity index (χ1n) is 28.5. The average Bonchev–Trinajstić information content (AvgIpc) is 3.28. The van der Waals surface area contributed by atoms with Crippen LogP contribution in [0.4, 0.5) is 0 Å². The van der Waals surface area contributed by atoms with Crippen molar-refractivity contribution in [1.82, 2.24) is 5.32 Å². The molecule has 2 unspecified atom stereocenters. The number of esters is 1.